The van der Waals surface area contributed by atoms with Gasteiger partial charge < -0.3 is 10.2 Å². The van der Waals surface area contributed by atoms with Gasteiger partial charge in [-0.1, -0.05) is 77.8 Å². The van der Waals surface area contributed by atoms with E-state index in [4.69, 9.17) is 23.2 Å². The average Bonchev–Trinajstić information content (AvgIpc) is 2.85. The first-order valence-corrected chi connectivity index (χ1v) is 13.1. The first-order valence-electron chi connectivity index (χ1n) is 10.9. The number of para-hydroxylation sites is 1. The summed E-state index contributed by atoms with van der Waals surface area (Å²) >= 11 is 12.6. The van der Waals surface area contributed by atoms with Gasteiger partial charge in [0.25, 0.3) is 0 Å². The maximum Gasteiger partial charge on any atom is 0.246 e. The number of aliphatic imine (C=N–C) groups is 1. The van der Waals surface area contributed by atoms with Crippen LogP contribution in [0.4, 0.5) is 5.69 Å². The molecule has 0 radical (unpaired) electrons. The third-order valence-electron chi connectivity index (χ3n) is 5.85. The second-order valence-electron chi connectivity index (χ2n) is 8.01. The summed E-state index contributed by atoms with van der Waals surface area (Å²) in [5.41, 5.74) is 2.61. The number of hydrogen-bond donors (Lipinski definition) is 1. The summed E-state index contributed by atoms with van der Waals surface area (Å²) in [6.45, 7) is 2.68. The molecule has 0 bridgehead atoms. The number of benzene rings is 3. The number of rotatable bonds is 4. The lowest BCUT2D eigenvalue weighted by Crippen LogP contribution is -2.53. The minimum atomic E-state index is -4.03. The molecule has 1 unspecified atom stereocenters. The van der Waals surface area contributed by atoms with E-state index in [2.05, 4.69) is 10.3 Å². The summed E-state index contributed by atoms with van der Waals surface area (Å²) in [5.74, 6) is 0.357. The Morgan fingerprint density at radius 1 is 1.00 bits per heavy atom. The summed E-state index contributed by atoms with van der Waals surface area (Å²) in [7, 11) is -4.03. The van der Waals surface area contributed by atoms with Gasteiger partial charge in [0.05, 0.1) is 16.1 Å². The lowest BCUT2D eigenvalue weighted by atomic mass is 10.0. The SMILES string of the molecule is Cc1ccccc1N/C(=N/C#N)N1CCN(S(=O)(=O)c2c(Cl)cccc2Cl)C(c2ccccc2)C1. The van der Waals surface area contributed by atoms with Crippen molar-refractivity contribution in [3.8, 4) is 6.19 Å². The van der Waals surface area contributed by atoms with Crippen LogP contribution in [0.15, 0.2) is 82.7 Å². The van der Waals surface area contributed by atoms with E-state index in [1.54, 1.807) is 6.07 Å². The Kier molecular flexibility index (Phi) is 7.63. The van der Waals surface area contributed by atoms with E-state index in [1.165, 1.54) is 16.4 Å². The normalized spacial score (nSPS) is 17.1. The zero-order valence-electron chi connectivity index (χ0n) is 18.9. The quantitative estimate of drug-likeness (QED) is 0.282. The molecule has 1 heterocycles. The molecule has 1 aliphatic rings. The summed E-state index contributed by atoms with van der Waals surface area (Å²) in [6.07, 6.45) is 1.86. The number of anilines is 1. The van der Waals surface area contributed by atoms with Gasteiger partial charge in [-0.15, -0.1) is 4.99 Å². The molecule has 0 aromatic heterocycles. The summed E-state index contributed by atoms with van der Waals surface area (Å²) in [6, 6.07) is 21.1. The molecule has 4 rings (SSSR count). The number of nitrogens with one attached hydrogen (secondary N) is 1. The maximum atomic E-state index is 13.8. The molecule has 35 heavy (non-hydrogen) atoms. The highest BCUT2D eigenvalue weighted by molar-refractivity contribution is 7.89. The van der Waals surface area contributed by atoms with Crippen LogP contribution in [0.25, 0.3) is 0 Å². The maximum absolute atomic E-state index is 13.8. The van der Waals surface area contributed by atoms with Gasteiger partial charge in [0.2, 0.25) is 22.2 Å². The molecule has 10 heteroatoms. The van der Waals surface area contributed by atoms with Crippen molar-refractivity contribution in [2.24, 2.45) is 4.99 Å². The summed E-state index contributed by atoms with van der Waals surface area (Å²) in [5, 5.41) is 12.7. The topological polar surface area (TPSA) is 88.8 Å². The molecule has 180 valence electrons. The molecule has 1 atom stereocenters. The third-order valence-corrected chi connectivity index (χ3v) is 8.71. The number of halogens is 2. The van der Waals surface area contributed by atoms with Gasteiger partial charge in [0.15, 0.2) is 0 Å². The zero-order chi connectivity index (χ0) is 25.0. The number of nitriles is 1. The molecule has 3 aromatic carbocycles. The van der Waals surface area contributed by atoms with Crippen LogP contribution >= 0.6 is 23.2 Å². The summed E-state index contributed by atoms with van der Waals surface area (Å²) in [4.78, 5) is 5.79. The fourth-order valence-corrected chi connectivity index (χ4v) is 6.79. The van der Waals surface area contributed by atoms with Crippen LogP contribution in [0.5, 0.6) is 0 Å². The number of aryl methyl sites for hydroxylation is 1. The van der Waals surface area contributed by atoms with Crippen LogP contribution in [-0.2, 0) is 10.0 Å². The van der Waals surface area contributed by atoms with Crippen molar-refractivity contribution in [2.75, 3.05) is 25.0 Å². The van der Waals surface area contributed by atoms with E-state index in [0.717, 1.165) is 16.8 Å². The molecular formula is C25H23Cl2N5O2S. The van der Waals surface area contributed by atoms with E-state index in [0.29, 0.717) is 12.5 Å². The monoisotopic (exact) mass is 527 g/mol. The number of piperazine rings is 1. The van der Waals surface area contributed by atoms with Gasteiger partial charge in [-0.2, -0.15) is 9.57 Å². The number of guanidine groups is 1. The Morgan fingerprint density at radius 2 is 1.66 bits per heavy atom. The first-order chi connectivity index (χ1) is 16.8. The Bertz CT molecular complexity index is 1370. The third kappa shape index (κ3) is 5.29. The highest BCUT2D eigenvalue weighted by atomic mass is 35.5. The van der Waals surface area contributed by atoms with Crippen LogP contribution in [-0.4, -0.2) is 43.2 Å². The van der Waals surface area contributed by atoms with E-state index >= 15 is 0 Å². The van der Waals surface area contributed by atoms with Crippen molar-refractivity contribution in [3.63, 3.8) is 0 Å². The van der Waals surface area contributed by atoms with Crippen LogP contribution < -0.4 is 5.32 Å². The molecular weight excluding hydrogens is 505 g/mol. The predicted molar refractivity (Wildman–Crippen MR) is 139 cm³/mol. The lowest BCUT2D eigenvalue weighted by Gasteiger charge is -2.42. The highest BCUT2D eigenvalue weighted by Gasteiger charge is 2.39. The number of hydrogen-bond acceptors (Lipinski definition) is 4. The second-order valence-corrected chi connectivity index (χ2v) is 10.7. The lowest BCUT2D eigenvalue weighted by molar-refractivity contribution is 0.194. The number of sulfonamides is 1. The van der Waals surface area contributed by atoms with E-state index in [1.807, 2.05) is 72.6 Å². The van der Waals surface area contributed by atoms with Gasteiger partial charge in [0, 0.05) is 25.3 Å². The highest BCUT2D eigenvalue weighted by Crippen LogP contribution is 2.37. The van der Waals surface area contributed by atoms with Gasteiger partial charge in [-0.25, -0.2) is 8.42 Å². The van der Waals surface area contributed by atoms with Crippen molar-refractivity contribution in [3.05, 3.63) is 94.0 Å². The van der Waals surface area contributed by atoms with E-state index in [9.17, 15) is 13.7 Å². The first kappa shape index (κ1) is 25.0. The fraction of sp³-hybridized carbons (Fsp3) is 0.200. The minimum Gasteiger partial charge on any atom is -0.339 e. The van der Waals surface area contributed by atoms with Crippen molar-refractivity contribution >= 4 is 44.9 Å². The van der Waals surface area contributed by atoms with E-state index < -0.39 is 16.1 Å². The fourth-order valence-electron chi connectivity index (χ4n) is 4.10. The molecule has 7 nitrogen and oxygen atoms in total. The largest absolute Gasteiger partial charge is 0.339 e. The standard InChI is InChI=1S/C25H23Cl2N5O2S/c1-18-8-5-6-13-22(18)30-25(29-17-28)31-14-15-32(23(16-31)19-9-3-2-4-10-19)35(33,34)24-20(26)11-7-12-21(24)27/h2-13,23H,14-16H2,1H3,(H,29,30). The predicted octanol–water partition coefficient (Wildman–Crippen LogP) is 5.30. The van der Waals surface area contributed by atoms with Gasteiger partial charge in [0.1, 0.15) is 4.90 Å². The number of nitrogens with zero attached hydrogens (tertiary/aromatic N) is 4. The van der Waals surface area contributed by atoms with E-state index in [-0.39, 0.29) is 28.0 Å². The Hall–Kier alpha value is -3.09. The summed E-state index contributed by atoms with van der Waals surface area (Å²) < 4.78 is 29.0. The molecule has 1 aliphatic heterocycles. The average molecular weight is 528 g/mol. The van der Waals surface area contributed by atoms with Crippen LogP contribution in [0.2, 0.25) is 10.0 Å². The molecule has 1 N–H and O–H groups in total. The smallest absolute Gasteiger partial charge is 0.246 e. The Morgan fingerprint density at radius 3 is 2.31 bits per heavy atom. The van der Waals surface area contributed by atoms with Crippen molar-refractivity contribution in [2.45, 2.75) is 17.9 Å². The van der Waals surface area contributed by atoms with Crippen molar-refractivity contribution < 1.29 is 8.42 Å². The van der Waals surface area contributed by atoms with Gasteiger partial charge >= 0.3 is 0 Å². The zero-order valence-corrected chi connectivity index (χ0v) is 21.2. The molecule has 0 saturated carbocycles. The molecule has 3 aromatic rings. The Labute approximate surface area is 215 Å². The van der Waals surface area contributed by atoms with Crippen molar-refractivity contribution in [1.82, 2.24) is 9.21 Å². The van der Waals surface area contributed by atoms with Gasteiger partial charge in [-0.3, -0.25) is 0 Å². The van der Waals surface area contributed by atoms with Gasteiger partial charge in [-0.05, 0) is 36.2 Å². The second kappa shape index (κ2) is 10.7. The molecule has 0 spiro atoms. The van der Waals surface area contributed by atoms with Crippen LogP contribution in [0.1, 0.15) is 17.2 Å². The van der Waals surface area contributed by atoms with Crippen LogP contribution in [0.3, 0.4) is 0 Å². The molecule has 0 aliphatic carbocycles. The molecule has 0 amide bonds. The van der Waals surface area contributed by atoms with Crippen LogP contribution in [0, 0.1) is 18.4 Å². The molecule has 1 saturated heterocycles. The minimum absolute atomic E-state index is 0.0692. The molecule has 1 fully saturated rings. The Balaban J connectivity index is 1.72. The van der Waals surface area contributed by atoms with Crippen molar-refractivity contribution in [1.29, 1.82) is 5.26 Å².